The highest BCUT2D eigenvalue weighted by atomic mass is 79.9. The van der Waals surface area contributed by atoms with Crippen LogP contribution in [0.1, 0.15) is 31.4 Å². The second-order valence-corrected chi connectivity index (χ2v) is 7.88. The van der Waals surface area contributed by atoms with Crippen molar-refractivity contribution in [1.29, 1.82) is 0 Å². The van der Waals surface area contributed by atoms with Crippen molar-refractivity contribution in [3.05, 3.63) is 27.7 Å². The van der Waals surface area contributed by atoms with Gasteiger partial charge in [0.25, 0.3) is 0 Å². The maximum absolute atomic E-state index is 5.75. The Bertz CT molecular complexity index is 557. The molecule has 0 saturated carbocycles. The maximum Gasteiger partial charge on any atom is 0.157 e. The largest absolute Gasteiger partial charge is 0.493 e. The van der Waals surface area contributed by atoms with E-state index in [4.69, 9.17) is 9.73 Å². The number of hydrogen-bond donors (Lipinski definition) is 1. The molecule has 0 radical (unpaired) electrons. The first-order chi connectivity index (χ1) is 9.53. The van der Waals surface area contributed by atoms with Gasteiger partial charge in [-0.1, -0.05) is 27.7 Å². The van der Waals surface area contributed by atoms with Gasteiger partial charge >= 0.3 is 0 Å². The van der Waals surface area contributed by atoms with Crippen molar-refractivity contribution in [3.63, 3.8) is 0 Å². The van der Waals surface area contributed by atoms with Crippen LogP contribution in [-0.2, 0) is 13.0 Å². The Morgan fingerprint density at radius 1 is 1.45 bits per heavy atom. The summed E-state index contributed by atoms with van der Waals surface area (Å²) in [7, 11) is 0. The molecule has 108 valence electrons. The average Bonchev–Trinajstić information content (AvgIpc) is 2.82. The highest BCUT2D eigenvalue weighted by Crippen LogP contribution is 2.33. The Kier molecular flexibility index (Phi) is 4.00. The second kappa shape index (κ2) is 5.60. The number of hydrogen-bond acceptors (Lipinski definition) is 3. The van der Waals surface area contributed by atoms with E-state index in [1.165, 1.54) is 17.5 Å². The Morgan fingerprint density at radius 2 is 2.30 bits per heavy atom. The lowest BCUT2D eigenvalue weighted by Gasteiger charge is -2.32. The predicted octanol–water partition coefficient (Wildman–Crippen LogP) is 3.75. The molecule has 3 rings (SSSR count). The zero-order valence-corrected chi connectivity index (χ0v) is 14.2. The maximum atomic E-state index is 5.75. The molecule has 0 spiro atoms. The van der Waals surface area contributed by atoms with E-state index in [1.54, 1.807) is 0 Å². The zero-order chi connectivity index (χ0) is 14.2. The van der Waals surface area contributed by atoms with Crippen molar-refractivity contribution in [3.8, 4) is 5.75 Å². The first-order valence-electron chi connectivity index (χ1n) is 6.93. The molecule has 2 heterocycles. The van der Waals surface area contributed by atoms with Crippen LogP contribution in [0.5, 0.6) is 5.75 Å². The van der Waals surface area contributed by atoms with Gasteiger partial charge in [-0.15, -0.1) is 0 Å². The van der Waals surface area contributed by atoms with Gasteiger partial charge in [0.15, 0.2) is 5.17 Å². The van der Waals surface area contributed by atoms with Crippen LogP contribution in [0.4, 0.5) is 0 Å². The SMILES string of the molecule is CC1(C)CCSC(=NCc2cc(Br)cc3c2OCC3)N1. The molecule has 2 aliphatic rings. The highest BCUT2D eigenvalue weighted by Gasteiger charge is 2.24. The number of nitrogens with one attached hydrogen (secondary N) is 1. The Morgan fingerprint density at radius 3 is 3.10 bits per heavy atom. The normalized spacial score (nSPS) is 22.2. The minimum absolute atomic E-state index is 0.153. The molecule has 0 amide bonds. The quantitative estimate of drug-likeness (QED) is 0.877. The van der Waals surface area contributed by atoms with Crippen LogP contribution < -0.4 is 10.1 Å². The number of rotatable bonds is 2. The van der Waals surface area contributed by atoms with E-state index in [2.05, 4.69) is 47.2 Å². The van der Waals surface area contributed by atoms with Crippen molar-refractivity contribution in [2.75, 3.05) is 12.4 Å². The van der Waals surface area contributed by atoms with Gasteiger partial charge in [0.1, 0.15) is 5.75 Å². The minimum Gasteiger partial charge on any atom is -0.493 e. The third-order valence-electron chi connectivity index (χ3n) is 3.63. The Labute approximate surface area is 132 Å². The molecule has 20 heavy (non-hydrogen) atoms. The van der Waals surface area contributed by atoms with Crippen molar-refractivity contribution >= 4 is 32.9 Å². The van der Waals surface area contributed by atoms with Gasteiger partial charge in [0.2, 0.25) is 0 Å². The molecule has 3 nitrogen and oxygen atoms in total. The van der Waals surface area contributed by atoms with Crippen LogP contribution in [0.25, 0.3) is 0 Å². The van der Waals surface area contributed by atoms with Gasteiger partial charge in [-0.25, -0.2) is 0 Å². The van der Waals surface area contributed by atoms with Crippen molar-refractivity contribution < 1.29 is 4.74 Å². The summed E-state index contributed by atoms with van der Waals surface area (Å²) in [5.41, 5.74) is 2.61. The van der Waals surface area contributed by atoms with Crippen LogP contribution >= 0.6 is 27.7 Å². The summed E-state index contributed by atoms with van der Waals surface area (Å²) in [6.45, 7) is 5.91. The summed E-state index contributed by atoms with van der Waals surface area (Å²) in [5, 5.41) is 4.55. The summed E-state index contributed by atoms with van der Waals surface area (Å²) in [5.74, 6) is 2.17. The van der Waals surface area contributed by atoms with Crippen molar-refractivity contribution in [1.82, 2.24) is 5.32 Å². The summed E-state index contributed by atoms with van der Waals surface area (Å²) in [6, 6.07) is 4.27. The number of fused-ring (bicyclic) bond motifs is 1. The molecule has 1 N–H and O–H groups in total. The lowest BCUT2D eigenvalue weighted by molar-refractivity contribution is 0.353. The van der Waals surface area contributed by atoms with Gasteiger partial charge in [0.05, 0.1) is 13.2 Å². The van der Waals surface area contributed by atoms with Gasteiger partial charge in [-0.3, -0.25) is 4.99 Å². The third kappa shape index (κ3) is 3.14. The number of ether oxygens (including phenoxy) is 1. The fourth-order valence-corrected chi connectivity index (χ4v) is 4.36. The van der Waals surface area contributed by atoms with Gasteiger partial charge in [-0.05, 0) is 38.0 Å². The molecule has 0 bridgehead atoms. The summed E-state index contributed by atoms with van der Waals surface area (Å²) >= 11 is 5.38. The molecule has 1 saturated heterocycles. The molecule has 1 aromatic carbocycles. The van der Waals surface area contributed by atoms with Crippen LogP contribution in [0.3, 0.4) is 0 Å². The molecule has 0 aromatic heterocycles. The predicted molar refractivity (Wildman–Crippen MR) is 88.8 cm³/mol. The monoisotopic (exact) mass is 354 g/mol. The van der Waals surface area contributed by atoms with E-state index in [0.717, 1.165) is 34.2 Å². The molecule has 0 atom stereocenters. The van der Waals surface area contributed by atoms with Gasteiger partial charge in [0, 0.05) is 27.7 Å². The molecule has 5 heteroatoms. The lowest BCUT2D eigenvalue weighted by Crippen LogP contribution is -2.46. The van der Waals surface area contributed by atoms with Gasteiger partial charge in [-0.2, -0.15) is 0 Å². The van der Waals surface area contributed by atoms with Crippen LogP contribution in [-0.4, -0.2) is 23.1 Å². The number of benzene rings is 1. The van der Waals surface area contributed by atoms with E-state index in [9.17, 15) is 0 Å². The molecule has 1 aromatic rings. The molecule has 2 aliphatic heterocycles. The number of thioether (sulfide) groups is 1. The third-order valence-corrected chi connectivity index (χ3v) is 5.00. The van der Waals surface area contributed by atoms with E-state index < -0.39 is 0 Å². The molecule has 0 unspecified atom stereocenters. The summed E-state index contributed by atoms with van der Waals surface area (Å²) in [6.07, 6.45) is 2.17. The second-order valence-electron chi connectivity index (χ2n) is 5.88. The van der Waals surface area contributed by atoms with Crippen molar-refractivity contribution in [2.24, 2.45) is 4.99 Å². The first-order valence-corrected chi connectivity index (χ1v) is 8.71. The van der Waals surface area contributed by atoms with E-state index >= 15 is 0 Å². The number of aliphatic imine (C=N–C) groups is 1. The molecule has 1 fully saturated rings. The summed E-state index contributed by atoms with van der Waals surface area (Å²) < 4.78 is 6.86. The van der Waals surface area contributed by atoms with Crippen LogP contribution in [0.15, 0.2) is 21.6 Å². The van der Waals surface area contributed by atoms with Crippen molar-refractivity contribution in [2.45, 2.75) is 38.8 Å². The topological polar surface area (TPSA) is 33.6 Å². The van der Waals surface area contributed by atoms with E-state index in [1.807, 2.05) is 11.8 Å². The van der Waals surface area contributed by atoms with Crippen LogP contribution in [0, 0.1) is 0 Å². The van der Waals surface area contributed by atoms with Crippen LogP contribution in [0.2, 0.25) is 0 Å². The summed E-state index contributed by atoms with van der Waals surface area (Å²) in [4.78, 5) is 4.74. The smallest absolute Gasteiger partial charge is 0.157 e. The number of nitrogens with zero attached hydrogens (tertiary/aromatic N) is 1. The standard InChI is InChI=1S/C15H19BrN2OS/c1-15(2)4-6-20-14(18-15)17-9-11-8-12(16)7-10-3-5-19-13(10)11/h7-8H,3-6,9H2,1-2H3,(H,17,18). The fourth-order valence-electron chi connectivity index (χ4n) is 2.50. The zero-order valence-electron chi connectivity index (χ0n) is 11.8. The lowest BCUT2D eigenvalue weighted by atomic mass is 10.0. The van der Waals surface area contributed by atoms with E-state index in [0.29, 0.717) is 6.54 Å². The molecular weight excluding hydrogens is 336 g/mol. The highest BCUT2D eigenvalue weighted by molar-refractivity contribution is 9.10. The number of halogens is 1. The minimum atomic E-state index is 0.153. The Hall–Kier alpha value is -0.680. The molecule has 0 aliphatic carbocycles. The Balaban J connectivity index is 1.79. The van der Waals surface area contributed by atoms with E-state index in [-0.39, 0.29) is 5.54 Å². The first kappa shape index (κ1) is 14.3. The fraction of sp³-hybridized carbons (Fsp3) is 0.533. The van der Waals surface area contributed by atoms with Gasteiger partial charge < -0.3 is 10.1 Å². The number of amidine groups is 1. The molecular formula is C15H19BrN2OS. The average molecular weight is 355 g/mol.